The molecule has 0 spiro atoms. The molecule has 0 N–H and O–H groups in total. The number of hydrogen-bond donors (Lipinski definition) is 0. The SMILES string of the molecule is COCCC(C)n1c(C(C)Cl)nc2cc(F)c(Br)cc21. The Morgan fingerprint density at radius 3 is 2.75 bits per heavy atom. The van der Waals surface area contributed by atoms with Crippen LogP contribution in [0.2, 0.25) is 0 Å². The largest absolute Gasteiger partial charge is 0.385 e. The van der Waals surface area contributed by atoms with Crippen molar-refractivity contribution in [1.29, 1.82) is 0 Å². The Morgan fingerprint density at radius 2 is 2.15 bits per heavy atom. The second-order valence-corrected chi connectivity index (χ2v) is 6.35. The van der Waals surface area contributed by atoms with Crippen molar-refractivity contribution >= 4 is 38.6 Å². The van der Waals surface area contributed by atoms with Crippen LogP contribution in [0.15, 0.2) is 16.6 Å². The smallest absolute Gasteiger partial charge is 0.139 e. The topological polar surface area (TPSA) is 27.1 Å². The van der Waals surface area contributed by atoms with E-state index in [9.17, 15) is 4.39 Å². The molecule has 20 heavy (non-hydrogen) atoms. The van der Waals surface area contributed by atoms with E-state index in [1.165, 1.54) is 6.07 Å². The lowest BCUT2D eigenvalue weighted by Crippen LogP contribution is -2.12. The highest BCUT2D eigenvalue weighted by Gasteiger charge is 2.20. The van der Waals surface area contributed by atoms with Crippen LogP contribution in [0.5, 0.6) is 0 Å². The summed E-state index contributed by atoms with van der Waals surface area (Å²) in [6, 6.07) is 3.36. The lowest BCUT2D eigenvalue weighted by Gasteiger charge is -2.18. The summed E-state index contributed by atoms with van der Waals surface area (Å²) in [6.07, 6.45) is 0.841. The third-order valence-electron chi connectivity index (χ3n) is 3.30. The van der Waals surface area contributed by atoms with E-state index in [2.05, 4.69) is 32.4 Å². The van der Waals surface area contributed by atoms with Gasteiger partial charge in [-0.2, -0.15) is 0 Å². The van der Waals surface area contributed by atoms with Crippen molar-refractivity contribution in [2.24, 2.45) is 0 Å². The zero-order valence-electron chi connectivity index (χ0n) is 11.7. The van der Waals surface area contributed by atoms with Crippen LogP contribution in [0, 0.1) is 5.82 Å². The Bertz CT molecular complexity index is 615. The quantitative estimate of drug-likeness (QED) is 0.711. The van der Waals surface area contributed by atoms with Crippen LogP contribution in [0.25, 0.3) is 11.0 Å². The Balaban J connectivity index is 2.58. The maximum absolute atomic E-state index is 13.6. The van der Waals surface area contributed by atoms with Crippen molar-refractivity contribution in [1.82, 2.24) is 9.55 Å². The van der Waals surface area contributed by atoms with Crippen molar-refractivity contribution in [3.05, 3.63) is 28.2 Å². The van der Waals surface area contributed by atoms with Gasteiger partial charge in [0.15, 0.2) is 0 Å². The van der Waals surface area contributed by atoms with Crippen molar-refractivity contribution < 1.29 is 9.13 Å². The zero-order chi connectivity index (χ0) is 14.9. The van der Waals surface area contributed by atoms with Crippen molar-refractivity contribution in [2.45, 2.75) is 31.7 Å². The number of methoxy groups -OCH3 is 1. The first-order valence-electron chi connectivity index (χ1n) is 6.45. The second kappa shape index (κ2) is 6.41. The predicted octanol–water partition coefficient (Wildman–Crippen LogP) is 4.84. The maximum atomic E-state index is 13.6. The summed E-state index contributed by atoms with van der Waals surface area (Å²) in [5.74, 6) is 0.434. The summed E-state index contributed by atoms with van der Waals surface area (Å²) in [4.78, 5) is 4.47. The second-order valence-electron chi connectivity index (χ2n) is 4.84. The molecular weight excluding hydrogens is 347 g/mol. The van der Waals surface area contributed by atoms with Gasteiger partial charge in [-0.3, -0.25) is 0 Å². The average molecular weight is 364 g/mol. The Kier molecular flexibility index (Phi) is 5.04. The molecular formula is C14H17BrClFN2O. The van der Waals surface area contributed by atoms with Gasteiger partial charge in [-0.15, -0.1) is 11.6 Å². The van der Waals surface area contributed by atoms with Crippen LogP contribution in [-0.2, 0) is 4.74 Å². The third-order valence-corrected chi connectivity index (χ3v) is 4.10. The maximum Gasteiger partial charge on any atom is 0.139 e. The average Bonchev–Trinajstić information content (AvgIpc) is 2.75. The highest BCUT2D eigenvalue weighted by atomic mass is 79.9. The number of ether oxygens (including phenoxy) is 1. The Labute approximate surface area is 131 Å². The molecule has 2 atom stereocenters. The van der Waals surface area contributed by atoms with E-state index in [4.69, 9.17) is 16.3 Å². The fourth-order valence-corrected chi connectivity index (χ4v) is 2.76. The minimum Gasteiger partial charge on any atom is -0.385 e. The molecule has 6 heteroatoms. The molecule has 1 aromatic carbocycles. The number of alkyl halides is 1. The molecule has 0 saturated carbocycles. The Morgan fingerprint density at radius 1 is 1.45 bits per heavy atom. The molecule has 3 nitrogen and oxygen atoms in total. The minimum absolute atomic E-state index is 0.175. The van der Waals surface area contributed by atoms with E-state index in [1.54, 1.807) is 13.2 Å². The number of aromatic nitrogens is 2. The standard InChI is InChI=1S/C14H17BrClFN2O/c1-8(4-5-20-3)19-13-6-10(15)11(17)7-12(13)18-14(19)9(2)16/h6-9H,4-5H2,1-3H3. The van der Waals surface area contributed by atoms with Gasteiger partial charge in [0.1, 0.15) is 11.6 Å². The fraction of sp³-hybridized carbons (Fsp3) is 0.500. The van der Waals surface area contributed by atoms with E-state index in [0.29, 0.717) is 16.6 Å². The number of rotatable bonds is 5. The molecule has 2 aromatic rings. The van der Waals surface area contributed by atoms with Crippen LogP contribution in [0.4, 0.5) is 4.39 Å². The number of halogens is 3. The zero-order valence-corrected chi connectivity index (χ0v) is 14.0. The molecule has 0 fully saturated rings. The molecule has 0 aliphatic carbocycles. The van der Waals surface area contributed by atoms with Crippen LogP contribution >= 0.6 is 27.5 Å². The van der Waals surface area contributed by atoms with E-state index < -0.39 is 0 Å². The van der Waals surface area contributed by atoms with Crippen molar-refractivity contribution in [3.8, 4) is 0 Å². The van der Waals surface area contributed by atoms with Gasteiger partial charge in [-0.25, -0.2) is 9.37 Å². The first-order valence-corrected chi connectivity index (χ1v) is 7.68. The molecule has 0 radical (unpaired) electrons. The van der Waals surface area contributed by atoms with Crippen LogP contribution in [0.3, 0.4) is 0 Å². The van der Waals surface area contributed by atoms with Crippen molar-refractivity contribution in [3.63, 3.8) is 0 Å². The van der Waals surface area contributed by atoms with E-state index in [1.807, 2.05) is 6.92 Å². The van der Waals surface area contributed by atoms with Gasteiger partial charge < -0.3 is 9.30 Å². The van der Waals surface area contributed by atoms with E-state index in [0.717, 1.165) is 17.8 Å². The lowest BCUT2D eigenvalue weighted by molar-refractivity contribution is 0.181. The summed E-state index contributed by atoms with van der Waals surface area (Å²) in [7, 11) is 1.68. The van der Waals surface area contributed by atoms with Crippen LogP contribution < -0.4 is 0 Å². The third kappa shape index (κ3) is 3.00. The number of hydrogen-bond acceptors (Lipinski definition) is 2. The number of nitrogens with zero attached hydrogens (tertiary/aromatic N) is 2. The molecule has 0 saturated heterocycles. The molecule has 2 rings (SSSR count). The van der Waals surface area contributed by atoms with E-state index >= 15 is 0 Å². The van der Waals surface area contributed by atoms with Crippen LogP contribution in [0.1, 0.15) is 37.5 Å². The van der Waals surface area contributed by atoms with Gasteiger partial charge in [-0.1, -0.05) is 0 Å². The van der Waals surface area contributed by atoms with Gasteiger partial charge in [0.2, 0.25) is 0 Å². The fourth-order valence-electron chi connectivity index (χ4n) is 2.27. The summed E-state index contributed by atoms with van der Waals surface area (Å²) < 4.78 is 21.3. The molecule has 0 bridgehead atoms. The predicted molar refractivity (Wildman–Crippen MR) is 82.9 cm³/mol. The summed E-state index contributed by atoms with van der Waals surface area (Å²) in [5, 5.41) is -0.241. The van der Waals surface area contributed by atoms with Gasteiger partial charge in [0.05, 0.1) is 20.9 Å². The first-order chi connectivity index (χ1) is 9.45. The molecule has 2 unspecified atom stereocenters. The van der Waals surface area contributed by atoms with Gasteiger partial charge in [0.25, 0.3) is 0 Å². The molecule has 0 aliphatic heterocycles. The van der Waals surface area contributed by atoms with E-state index in [-0.39, 0.29) is 17.2 Å². The van der Waals surface area contributed by atoms with Gasteiger partial charge in [-0.05, 0) is 42.3 Å². The molecule has 110 valence electrons. The van der Waals surface area contributed by atoms with Gasteiger partial charge in [0, 0.05) is 25.8 Å². The number of imidazole rings is 1. The lowest BCUT2D eigenvalue weighted by atomic mass is 10.2. The van der Waals surface area contributed by atoms with Crippen LogP contribution in [-0.4, -0.2) is 23.3 Å². The highest BCUT2D eigenvalue weighted by molar-refractivity contribution is 9.10. The monoisotopic (exact) mass is 362 g/mol. The first kappa shape index (κ1) is 15.7. The summed E-state index contributed by atoms with van der Waals surface area (Å²) >= 11 is 9.44. The number of fused-ring (bicyclic) bond motifs is 1. The van der Waals surface area contributed by atoms with Gasteiger partial charge >= 0.3 is 0 Å². The molecule has 1 heterocycles. The molecule has 1 aromatic heterocycles. The van der Waals surface area contributed by atoms with Crippen molar-refractivity contribution in [2.75, 3.05) is 13.7 Å². The molecule has 0 aliphatic rings. The highest BCUT2D eigenvalue weighted by Crippen LogP contribution is 2.31. The number of benzene rings is 1. The molecule has 0 amide bonds. The normalized spacial score (nSPS) is 14.7. The Hall–Kier alpha value is -0.650. The minimum atomic E-state index is -0.319. The summed E-state index contributed by atoms with van der Waals surface area (Å²) in [6.45, 7) is 4.60. The summed E-state index contributed by atoms with van der Waals surface area (Å²) in [5.41, 5.74) is 1.50.